The zero-order chi connectivity index (χ0) is 17.4. The molecule has 1 aromatic carbocycles. The quantitative estimate of drug-likeness (QED) is 0.771. The van der Waals surface area contributed by atoms with Crippen molar-refractivity contribution < 1.29 is 17.6 Å². The monoisotopic (exact) mass is 357 g/mol. The lowest BCUT2D eigenvalue weighted by molar-refractivity contribution is -0.119. The van der Waals surface area contributed by atoms with E-state index < -0.39 is 15.8 Å². The molecule has 0 radical (unpaired) electrons. The molecule has 128 valence electrons. The largest absolute Gasteiger partial charge is 0.418 e. The fourth-order valence-electron chi connectivity index (χ4n) is 2.84. The van der Waals surface area contributed by atoms with Gasteiger partial charge < -0.3 is 9.73 Å². The molecule has 1 fully saturated rings. The average Bonchev–Trinajstić information content (AvgIpc) is 3.18. The van der Waals surface area contributed by atoms with E-state index in [1.54, 1.807) is 36.5 Å². The fraction of sp³-hybridized carbons (Fsp3) is 0.235. The number of amides is 1. The van der Waals surface area contributed by atoms with Crippen LogP contribution in [0.3, 0.4) is 0 Å². The Hall–Kier alpha value is -2.74. The van der Waals surface area contributed by atoms with Crippen molar-refractivity contribution in [1.29, 1.82) is 0 Å². The van der Waals surface area contributed by atoms with Crippen molar-refractivity contribution in [2.75, 3.05) is 16.8 Å². The van der Waals surface area contributed by atoms with Gasteiger partial charge in [-0.15, -0.1) is 0 Å². The minimum atomic E-state index is -3.08. The van der Waals surface area contributed by atoms with Crippen molar-refractivity contribution in [2.45, 2.75) is 6.42 Å². The molecule has 2 aromatic heterocycles. The molecule has 25 heavy (non-hydrogen) atoms. The minimum absolute atomic E-state index is 0.0766. The Morgan fingerprint density at radius 3 is 2.68 bits per heavy atom. The van der Waals surface area contributed by atoms with Gasteiger partial charge >= 0.3 is 0 Å². The van der Waals surface area contributed by atoms with Gasteiger partial charge in [0.05, 0.1) is 17.4 Å². The molecule has 0 saturated carbocycles. The number of oxazole rings is 1. The summed E-state index contributed by atoms with van der Waals surface area (Å²) in [5.41, 5.74) is 2.52. The smallest absolute Gasteiger partial charge is 0.247 e. The number of nitrogens with zero attached hydrogens (tertiary/aromatic N) is 2. The highest BCUT2D eigenvalue weighted by atomic mass is 32.2. The highest BCUT2D eigenvalue weighted by Gasteiger charge is 2.32. The molecule has 4 rings (SSSR count). The van der Waals surface area contributed by atoms with Gasteiger partial charge in [0, 0.05) is 17.4 Å². The average molecular weight is 357 g/mol. The van der Waals surface area contributed by atoms with Crippen molar-refractivity contribution in [2.24, 2.45) is 5.92 Å². The summed E-state index contributed by atoms with van der Waals surface area (Å²) in [6.45, 7) is 0. The summed E-state index contributed by atoms with van der Waals surface area (Å²) in [4.78, 5) is 20.6. The van der Waals surface area contributed by atoms with E-state index in [0.717, 1.165) is 5.56 Å². The summed E-state index contributed by atoms with van der Waals surface area (Å²) in [6.07, 6.45) is 2.02. The van der Waals surface area contributed by atoms with Crippen molar-refractivity contribution in [3.05, 3.63) is 42.6 Å². The Labute approximate surface area is 144 Å². The SMILES string of the molecule is O=C(Nc1ccc(-c2nc3cccnc3o2)cc1)[C@@H]1CCS(=O)(=O)C1. The number of hydrogen-bond acceptors (Lipinski definition) is 6. The number of carbonyl (C=O) groups is 1. The molecule has 1 aliphatic heterocycles. The Balaban J connectivity index is 1.49. The first-order chi connectivity index (χ1) is 12.0. The highest BCUT2D eigenvalue weighted by molar-refractivity contribution is 7.91. The molecule has 1 amide bonds. The first-order valence-corrected chi connectivity index (χ1v) is 9.66. The third-order valence-corrected chi connectivity index (χ3v) is 5.94. The van der Waals surface area contributed by atoms with Crippen molar-refractivity contribution in [1.82, 2.24) is 9.97 Å². The van der Waals surface area contributed by atoms with Crippen molar-refractivity contribution in [3.63, 3.8) is 0 Å². The summed E-state index contributed by atoms with van der Waals surface area (Å²) in [5.74, 6) is -0.288. The number of rotatable bonds is 3. The van der Waals surface area contributed by atoms with Gasteiger partial charge in [-0.05, 0) is 42.8 Å². The maximum Gasteiger partial charge on any atom is 0.247 e. The van der Waals surface area contributed by atoms with Crippen molar-refractivity contribution >= 4 is 32.7 Å². The number of nitrogens with one attached hydrogen (secondary N) is 1. The summed E-state index contributed by atoms with van der Waals surface area (Å²) in [5, 5.41) is 2.76. The van der Waals surface area contributed by atoms with Crippen LogP contribution in [-0.2, 0) is 14.6 Å². The van der Waals surface area contributed by atoms with Gasteiger partial charge in [-0.1, -0.05) is 0 Å². The standard InChI is InChI=1S/C17H15N3O4S/c21-15(12-7-9-25(22,23)10-12)19-13-5-3-11(4-6-13)16-20-14-2-1-8-18-17(14)24-16/h1-6,8,12H,7,9-10H2,(H,19,21)/t12-/m1/s1. The van der Waals surface area contributed by atoms with Crippen molar-refractivity contribution in [3.8, 4) is 11.5 Å². The molecule has 0 aliphatic carbocycles. The second kappa shape index (κ2) is 5.96. The van der Waals surface area contributed by atoms with Crippen LogP contribution in [0.1, 0.15) is 6.42 Å². The van der Waals surface area contributed by atoms with Gasteiger partial charge in [0.1, 0.15) is 5.52 Å². The Bertz CT molecular complexity index is 1010. The molecule has 0 spiro atoms. The van der Waals surface area contributed by atoms with E-state index in [1.165, 1.54) is 0 Å². The van der Waals surface area contributed by atoms with Crippen LogP contribution in [0.2, 0.25) is 0 Å². The number of benzene rings is 1. The molecule has 0 bridgehead atoms. The minimum Gasteiger partial charge on any atom is -0.418 e. The lowest BCUT2D eigenvalue weighted by Gasteiger charge is -2.09. The van der Waals surface area contributed by atoms with Crippen LogP contribution >= 0.6 is 0 Å². The zero-order valence-electron chi connectivity index (χ0n) is 13.2. The van der Waals surface area contributed by atoms with Gasteiger partial charge in [-0.2, -0.15) is 0 Å². The molecule has 7 nitrogen and oxygen atoms in total. The number of sulfone groups is 1. The Morgan fingerprint density at radius 1 is 1.20 bits per heavy atom. The Morgan fingerprint density at radius 2 is 2.00 bits per heavy atom. The van der Waals surface area contributed by atoms with Crippen LogP contribution in [0.5, 0.6) is 0 Å². The third-order valence-electron chi connectivity index (χ3n) is 4.17. The number of hydrogen-bond donors (Lipinski definition) is 1. The topological polar surface area (TPSA) is 102 Å². The van der Waals surface area contributed by atoms with Crippen LogP contribution in [0.4, 0.5) is 5.69 Å². The maximum absolute atomic E-state index is 12.2. The van der Waals surface area contributed by atoms with Crippen LogP contribution < -0.4 is 5.32 Å². The van der Waals surface area contributed by atoms with E-state index in [-0.39, 0.29) is 17.4 Å². The molecule has 1 atom stereocenters. The molecule has 8 heteroatoms. The molecular weight excluding hydrogens is 342 g/mol. The van der Waals surface area contributed by atoms with Crippen LogP contribution in [0.15, 0.2) is 47.0 Å². The van der Waals surface area contributed by atoms with Gasteiger partial charge in [-0.3, -0.25) is 4.79 Å². The van der Waals surface area contributed by atoms with E-state index in [9.17, 15) is 13.2 Å². The summed E-state index contributed by atoms with van der Waals surface area (Å²) >= 11 is 0. The fourth-order valence-corrected chi connectivity index (χ4v) is 4.58. The highest BCUT2D eigenvalue weighted by Crippen LogP contribution is 2.25. The van der Waals surface area contributed by atoms with E-state index >= 15 is 0 Å². The summed E-state index contributed by atoms with van der Waals surface area (Å²) in [7, 11) is -3.08. The number of aromatic nitrogens is 2. The lowest BCUT2D eigenvalue weighted by atomic mass is 10.1. The second-order valence-electron chi connectivity index (χ2n) is 6.01. The first-order valence-electron chi connectivity index (χ1n) is 7.83. The summed E-state index contributed by atoms with van der Waals surface area (Å²) < 4.78 is 28.5. The normalized spacial score (nSPS) is 19.1. The molecular formula is C17H15N3O4S. The number of pyridine rings is 1. The van der Waals surface area contributed by atoms with E-state index in [4.69, 9.17) is 4.42 Å². The van der Waals surface area contributed by atoms with Gasteiger partial charge in [0.25, 0.3) is 0 Å². The van der Waals surface area contributed by atoms with Crippen LogP contribution in [0, 0.1) is 5.92 Å². The second-order valence-corrected chi connectivity index (χ2v) is 8.24. The third kappa shape index (κ3) is 3.25. The van der Waals surface area contributed by atoms with Crippen LogP contribution in [-0.4, -0.2) is 35.8 Å². The summed E-state index contributed by atoms with van der Waals surface area (Å²) in [6, 6.07) is 10.6. The predicted molar refractivity (Wildman–Crippen MR) is 92.6 cm³/mol. The molecule has 0 unspecified atom stereocenters. The van der Waals surface area contributed by atoms with Gasteiger partial charge in [0.15, 0.2) is 9.84 Å². The van der Waals surface area contributed by atoms with Gasteiger partial charge in [-0.25, -0.2) is 18.4 Å². The molecule has 3 heterocycles. The molecule has 1 N–H and O–H groups in total. The van der Waals surface area contributed by atoms with E-state index in [2.05, 4.69) is 15.3 Å². The van der Waals surface area contributed by atoms with E-state index in [1.807, 2.05) is 6.07 Å². The van der Waals surface area contributed by atoms with Gasteiger partial charge in [0.2, 0.25) is 17.5 Å². The molecule has 1 saturated heterocycles. The number of fused-ring (bicyclic) bond motifs is 1. The molecule has 3 aromatic rings. The maximum atomic E-state index is 12.2. The zero-order valence-corrected chi connectivity index (χ0v) is 14.0. The van der Waals surface area contributed by atoms with E-state index in [0.29, 0.717) is 29.2 Å². The predicted octanol–water partition coefficient (Wildman–Crippen LogP) is 2.26. The Kier molecular flexibility index (Phi) is 3.76. The first kappa shape index (κ1) is 15.8. The van der Waals surface area contributed by atoms with Crippen LogP contribution in [0.25, 0.3) is 22.7 Å². The molecule has 1 aliphatic rings. The number of anilines is 1. The lowest BCUT2D eigenvalue weighted by Crippen LogP contribution is -2.23. The number of carbonyl (C=O) groups excluding carboxylic acids is 1.